The van der Waals surface area contributed by atoms with Crippen LogP contribution in [-0.4, -0.2) is 32.2 Å². The van der Waals surface area contributed by atoms with Gasteiger partial charge < -0.3 is 19.4 Å². The number of halogens is 1. The third-order valence-electron chi connectivity index (χ3n) is 5.33. The number of nitrogens with one attached hydrogen (secondary N) is 1. The van der Waals surface area contributed by atoms with Crippen molar-refractivity contribution >= 4 is 35.0 Å². The first-order chi connectivity index (χ1) is 14.0. The van der Waals surface area contributed by atoms with E-state index in [4.69, 9.17) is 20.8 Å². The van der Waals surface area contributed by atoms with Crippen molar-refractivity contribution in [3.05, 3.63) is 52.4 Å². The summed E-state index contributed by atoms with van der Waals surface area (Å²) >= 11 is 6.14. The fourth-order valence-electron chi connectivity index (χ4n) is 3.53. The van der Waals surface area contributed by atoms with Crippen molar-refractivity contribution in [3.63, 3.8) is 0 Å². The molecule has 1 N–H and O–H groups in total. The lowest BCUT2D eigenvalue weighted by atomic mass is 10.2. The summed E-state index contributed by atoms with van der Waals surface area (Å²) in [5.74, 6) is 1.98. The molecule has 1 saturated carbocycles. The molecule has 2 fully saturated rings. The molecule has 4 rings (SSSR count). The van der Waals surface area contributed by atoms with E-state index < -0.39 is 5.91 Å². The molecule has 2 atom stereocenters. The number of furan rings is 1. The van der Waals surface area contributed by atoms with E-state index in [1.165, 1.54) is 6.08 Å². The highest BCUT2D eigenvalue weighted by molar-refractivity contribution is 6.31. The van der Waals surface area contributed by atoms with E-state index in [1.54, 1.807) is 18.2 Å². The first-order valence-electron chi connectivity index (χ1n) is 9.70. The van der Waals surface area contributed by atoms with Gasteiger partial charge in [0.1, 0.15) is 23.2 Å². The maximum atomic E-state index is 12.8. The largest absolute Gasteiger partial charge is 0.461 e. The van der Waals surface area contributed by atoms with Gasteiger partial charge >= 0.3 is 0 Å². The van der Waals surface area contributed by atoms with Crippen LogP contribution >= 0.6 is 11.6 Å². The lowest BCUT2D eigenvalue weighted by Crippen LogP contribution is -2.36. The quantitative estimate of drug-likeness (QED) is 0.581. The second-order valence-electron chi connectivity index (χ2n) is 7.44. The number of morpholine rings is 1. The van der Waals surface area contributed by atoms with Gasteiger partial charge in [0.05, 0.1) is 24.6 Å². The average Bonchev–Trinajstić information content (AvgIpc) is 3.27. The summed E-state index contributed by atoms with van der Waals surface area (Å²) in [4.78, 5) is 14.9. The van der Waals surface area contributed by atoms with Gasteiger partial charge in [-0.15, -0.1) is 0 Å². The number of anilines is 2. The summed E-state index contributed by atoms with van der Waals surface area (Å²) in [5.41, 5.74) is 1.39. The van der Waals surface area contributed by atoms with Crippen LogP contribution in [0.5, 0.6) is 0 Å². The van der Waals surface area contributed by atoms with Crippen molar-refractivity contribution in [2.45, 2.75) is 19.3 Å². The van der Waals surface area contributed by atoms with Crippen molar-refractivity contribution in [2.75, 3.05) is 36.5 Å². The Morgan fingerprint density at radius 2 is 2.07 bits per heavy atom. The van der Waals surface area contributed by atoms with Gasteiger partial charge in [-0.05, 0) is 42.7 Å². The van der Waals surface area contributed by atoms with E-state index in [9.17, 15) is 10.1 Å². The Morgan fingerprint density at radius 3 is 2.76 bits per heavy atom. The number of carbonyl (C=O) groups excluding carboxylic acids is 1. The molecule has 0 unspecified atom stereocenters. The van der Waals surface area contributed by atoms with Crippen LogP contribution in [0.15, 0.2) is 40.3 Å². The molecule has 1 aliphatic carbocycles. The van der Waals surface area contributed by atoms with E-state index in [1.807, 2.05) is 18.2 Å². The minimum atomic E-state index is -0.498. The summed E-state index contributed by atoms with van der Waals surface area (Å²) in [5, 5.41) is 12.8. The molecule has 0 bridgehead atoms. The van der Waals surface area contributed by atoms with Crippen molar-refractivity contribution in [1.29, 1.82) is 5.26 Å². The molecular weight excluding hydrogens is 390 g/mol. The van der Waals surface area contributed by atoms with Crippen molar-refractivity contribution < 1.29 is 13.9 Å². The molecule has 2 heterocycles. The van der Waals surface area contributed by atoms with Gasteiger partial charge in [-0.3, -0.25) is 4.79 Å². The molecule has 1 amide bonds. The fourth-order valence-corrected chi connectivity index (χ4v) is 3.70. The Balaban J connectivity index is 1.53. The van der Waals surface area contributed by atoms with Crippen LogP contribution in [0.3, 0.4) is 0 Å². The number of hydrogen-bond donors (Lipinski definition) is 1. The summed E-state index contributed by atoms with van der Waals surface area (Å²) in [6, 6.07) is 11.0. The van der Waals surface area contributed by atoms with Crippen LogP contribution in [0.25, 0.3) is 6.08 Å². The Kier molecular flexibility index (Phi) is 5.61. The van der Waals surface area contributed by atoms with E-state index in [-0.39, 0.29) is 5.57 Å². The van der Waals surface area contributed by atoms with Gasteiger partial charge in [-0.1, -0.05) is 18.5 Å². The van der Waals surface area contributed by atoms with E-state index >= 15 is 0 Å². The Bertz CT molecular complexity index is 985. The van der Waals surface area contributed by atoms with Gasteiger partial charge in [-0.25, -0.2) is 0 Å². The first kappa shape index (κ1) is 19.6. The number of carbonyl (C=O) groups is 1. The highest BCUT2D eigenvalue weighted by Crippen LogP contribution is 2.47. The molecule has 0 spiro atoms. The third-order valence-corrected chi connectivity index (χ3v) is 5.57. The van der Waals surface area contributed by atoms with Gasteiger partial charge in [0.15, 0.2) is 0 Å². The average molecular weight is 412 g/mol. The topological polar surface area (TPSA) is 78.5 Å². The molecular formula is C22H22ClN3O3. The number of benzene rings is 1. The maximum absolute atomic E-state index is 12.8. The number of rotatable bonds is 5. The summed E-state index contributed by atoms with van der Waals surface area (Å²) in [6.45, 7) is 4.87. The van der Waals surface area contributed by atoms with Crippen molar-refractivity contribution in [1.82, 2.24) is 0 Å². The molecule has 0 radical (unpaired) electrons. The number of hydrogen-bond acceptors (Lipinski definition) is 5. The second-order valence-corrected chi connectivity index (χ2v) is 7.88. The smallest absolute Gasteiger partial charge is 0.266 e. The lowest BCUT2D eigenvalue weighted by molar-refractivity contribution is -0.112. The van der Waals surface area contributed by atoms with Crippen LogP contribution in [0.2, 0.25) is 5.02 Å². The zero-order chi connectivity index (χ0) is 20.4. The van der Waals surface area contributed by atoms with Gasteiger partial charge in [0, 0.05) is 30.1 Å². The van der Waals surface area contributed by atoms with Gasteiger partial charge in [-0.2, -0.15) is 5.26 Å². The standard InChI is InChI=1S/C22H22ClN3O3/c1-14-10-18(14)21-5-3-17(29-21)11-15(13-24)22(27)25-19-12-16(23)2-4-20(19)26-6-8-28-9-7-26/h2-5,11-12,14,18H,6-10H2,1H3,(H,25,27)/b15-11+/t14-,18+/m0/s1. The Hall–Kier alpha value is -2.75. The third kappa shape index (κ3) is 4.47. The van der Waals surface area contributed by atoms with E-state index in [0.29, 0.717) is 41.5 Å². The predicted molar refractivity (Wildman–Crippen MR) is 112 cm³/mol. The molecule has 7 heteroatoms. The van der Waals surface area contributed by atoms with Crippen LogP contribution in [0, 0.1) is 17.2 Å². The normalized spacial score (nSPS) is 21.6. The molecule has 29 heavy (non-hydrogen) atoms. The molecule has 6 nitrogen and oxygen atoms in total. The van der Waals surface area contributed by atoms with Crippen LogP contribution in [0.4, 0.5) is 11.4 Å². The van der Waals surface area contributed by atoms with Crippen molar-refractivity contribution in [2.24, 2.45) is 5.92 Å². The Labute approximate surface area is 174 Å². The van der Waals surface area contributed by atoms with Gasteiger partial charge in [0.2, 0.25) is 0 Å². The summed E-state index contributed by atoms with van der Waals surface area (Å²) in [7, 11) is 0. The fraction of sp³-hybridized carbons (Fsp3) is 0.364. The maximum Gasteiger partial charge on any atom is 0.266 e. The Morgan fingerprint density at radius 1 is 1.31 bits per heavy atom. The highest BCUT2D eigenvalue weighted by Gasteiger charge is 2.36. The van der Waals surface area contributed by atoms with Crippen LogP contribution in [0.1, 0.15) is 30.8 Å². The first-order valence-corrected chi connectivity index (χ1v) is 10.1. The number of nitrogens with zero attached hydrogens (tertiary/aromatic N) is 2. The van der Waals surface area contributed by atoms with Crippen LogP contribution in [-0.2, 0) is 9.53 Å². The number of ether oxygens (including phenoxy) is 1. The van der Waals surface area contributed by atoms with Gasteiger partial charge in [0.25, 0.3) is 5.91 Å². The zero-order valence-electron chi connectivity index (χ0n) is 16.2. The van der Waals surface area contributed by atoms with E-state index in [0.717, 1.165) is 31.0 Å². The zero-order valence-corrected chi connectivity index (χ0v) is 16.9. The summed E-state index contributed by atoms with van der Waals surface area (Å²) < 4.78 is 11.2. The minimum Gasteiger partial charge on any atom is -0.461 e. The monoisotopic (exact) mass is 411 g/mol. The molecule has 1 aromatic heterocycles. The predicted octanol–water partition coefficient (Wildman–Crippen LogP) is 4.44. The lowest BCUT2D eigenvalue weighted by Gasteiger charge is -2.30. The number of amides is 1. The molecule has 2 aliphatic rings. The highest BCUT2D eigenvalue weighted by atomic mass is 35.5. The number of nitriles is 1. The summed E-state index contributed by atoms with van der Waals surface area (Å²) in [6.07, 6.45) is 2.59. The van der Waals surface area contributed by atoms with Crippen molar-refractivity contribution in [3.8, 4) is 6.07 Å². The van der Waals surface area contributed by atoms with Crippen LogP contribution < -0.4 is 10.2 Å². The minimum absolute atomic E-state index is 0.0253. The molecule has 1 aromatic carbocycles. The van der Waals surface area contributed by atoms with E-state index in [2.05, 4.69) is 17.1 Å². The molecule has 1 saturated heterocycles. The molecule has 150 valence electrons. The second kappa shape index (κ2) is 8.32. The molecule has 2 aromatic rings. The SMILES string of the molecule is C[C@H]1C[C@H]1c1ccc(/C=C(\C#N)C(=O)Nc2cc(Cl)ccc2N2CCOCC2)o1. The molecule has 1 aliphatic heterocycles.